The summed E-state index contributed by atoms with van der Waals surface area (Å²) in [5, 5.41) is 31.4. The van der Waals surface area contributed by atoms with Crippen LogP contribution in [0.3, 0.4) is 0 Å². The average molecular weight is 1060 g/mol. The number of hydrogen-bond donors (Lipinski definition) is 3. The van der Waals surface area contributed by atoms with E-state index in [2.05, 4.69) is 69.4 Å². The highest BCUT2D eigenvalue weighted by atomic mass is 16.7. The lowest BCUT2D eigenvalue weighted by Gasteiger charge is -2.40. The molecule has 0 aromatic heterocycles. The number of rotatable bonds is 50. The molecular formula is C63H106O12. The molecule has 430 valence electrons. The summed E-state index contributed by atoms with van der Waals surface area (Å²) in [6.07, 6.45) is 51.8. The zero-order valence-electron chi connectivity index (χ0n) is 47.3. The fraction of sp³-hybridized carbons (Fsp3) is 0.746. The van der Waals surface area contributed by atoms with Crippen molar-refractivity contribution in [3.05, 3.63) is 72.9 Å². The van der Waals surface area contributed by atoms with E-state index in [9.17, 15) is 34.5 Å². The van der Waals surface area contributed by atoms with Gasteiger partial charge in [0.05, 0.1) is 13.0 Å². The van der Waals surface area contributed by atoms with Gasteiger partial charge in [-0.25, -0.2) is 4.79 Å². The lowest BCUT2D eigenvalue weighted by Crippen LogP contribution is -2.61. The first kappa shape index (κ1) is 69.2. The van der Waals surface area contributed by atoms with E-state index >= 15 is 0 Å². The summed E-state index contributed by atoms with van der Waals surface area (Å²) < 4.78 is 28.3. The number of carbonyl (C=O) groups is 4. The van der Waals surface area contributed by atoms with Crippen LogP contribution in [-0.4, -0.2) is 89.2 Å². The van der Waals surface area contributed by atoms with E-state index in [4.69, 9.17) is 23.7 Å². The molecule has 75 heavy (non-hydrogen) atoms. The van der Waals surface area contributed by atoms with Gasteiger partial charge in [0, 0.05) is 12.8 Å². The molecule has 3 N–H and O–H groups in total. The molecule has 0 amide bonds. The van der Waals surface area contributed by atoms with Gasteiger partial charge in [-0.05, 0) is 70.6 Å². The predicted molar refractivity (Wildman–Crippen MR) is 303 cm³/mol. The van der Waals surface area contributed by atoms with E-state index in [0.717, 1.165) is 83.5 Å². The van der Waals surface area contributed by atoms with Gasteiger partial charge in [0.15, 0.2) is 24.6 Å². The molecule has 6 atom stereocenters. The minimum Gasteiger partial charge on any atom is -0.479 e. The number of carboxylic acid groups (broad SMARTS) is 1. The SMILES string of the molecule is CC/C=C\C/C=C\C/C=C\C/C=C\C/C=C\CC(=O)OC1C(OCC(COC(=O)CCCCCCC/C=C\CCCCCCCC)OC(=O)CCCCCCCCCCCCCCCCC)OC(C(=O)O)C(O)C1O. The Labute approximate surface area is 455 Å². The maximum absolute atomic E-state index is 13.1. The van der Waals surface area contributed by atoms with Crippen molar-refractivity contribution in [1.82, 2.24) is 0 Å². The summed E-state index contributed by atoms with van der Waals surface area (Å²) in [6.45, 7) is 5.84. The Hall–Kier alpha value is -3.84. The van der Waals surface area contributed by atoms with Crippen LogP contribution in [0.15, 0.2) is 72.9 Å². The molecule has 0 aliphatic carbocycles. The first-order chi connectivity index (χ1) is 36.6. The van der Waals surface area contributed by atoms with E-state index in [0.29, 0.717) is 19.3 Å². The Bertz CT molecular complexity index is 1580. The third kappa shape index (κ3) is 41.0. The highest BCUT2D eigenvalue weighted by Crippen LogP contribution is 2.26. The Morgan fingerprint density at radius 3 is 1.33 bits per heavy atom. The second-order valence-corrected chi connectivity index (χ2v) is 20.3. The van der Waals surface area contributed by atoms with Crippen LogP contribution in [-0.2, 0) is 42.9 Å². The number of carbonyl (C=O) groups excluding carboxylic acids is 3. The quantitative estimate of drug-likeness (QED) is 0.0228. The van der Waals surface area contributed by atoms with Crippen molar-refractivity contribution in [3.8, 4) is 0 Å². The van der Waals surface area contributed by atoms with Crippen molar-refractivity contribution in [2.24, 2.45) is 0 Å². The van der Waals surface area contributed by atoms with Gasteiger partial charge in [-0.1, -0.05) is 235 Å². The van der Waals surface area contributed by atoms with Crippen LogP contribution in [0.4, 0.5) is 0 Å². The molecule has 12 heteroatoms. The van der Waals surface area contributed by atoms with E-state index in [-0.39, 0.29) is 25.9 Å². The molecule has 1 aliphatic rings. The number of aliphatic hydroxyl groups is 2. The molecule has 0 bridgehead atoms. The zero-order chi connectivity index (χ0) is 54.7. The zero-order valence-corrected chi connectivity index (χ0v) is 47.3. The highest BCUT2D eigenvalue weighted by molar-refractivity contribution is 5.74. The molecule has 1 rings (SSSR count). The Balaban J connectivity index is 2.74. The van der Waals surface area contributed by atoms with Gasteiger partial charge in [0.2, 0.25) is 0 Å². The number of esters is 3. The number of carboxylic acids is 1. The topological polar surface area (TPSA) is 175 Å². The molecule has 0 aromatic rings. The van der Waals surface area contributed by atoms with Crippen LogP contribution in [0.1, 0.15) is 252 Å². The maximum atomic E-state index is 13.1. The van der Waals surface area contributed by atoms with Crippen LogP contribution >= 0.6 is 0 Å². The molecule has 0 spiro atoms. The van der Waals surface area contributed by atoms with E-state index in [1.807, 2.05) is 12.2 Å². The smallest absolute Gasteiger partial charge is 0.335 e. The van der Waals surface area contributed by atoms with Crippen molar-refractivity contribution in [2.45, 2.75) is 289 Å². The molecule has 0 saturated carbocycles. The first-order valence-electron chi connectivity index (χ1n) is 29.9. The molecule has 1 fully saturated rings. The number of allylic oxidation sites excluding steroid dienone is 11. The molecule has 0 aromatic carbocycles. The molecule has 0 radical (unpaired) electrons. The Morgan fingerprint density at radius 2 is 0.880 bits per heavy atom. The van der Waals surface area contributed by atoms with Gasteiger partial charge in [-0.3, -0.25) is 14.4 Å². The van der Waals surface area contributed by atoms with Crippen molar-refractivity contribution in [1.29, 1.82) is 0 Å². The largest absolute Gasteiger partial charge is 0.479 e. The summed E-state index contributed by atoms with van der Waals surface area (Å²) in [5.41, 5.74) is 0. The van der Waals surface area contributed by atoms with E-state index in [1.54, 1.807) is 12.2 Å². The number of aliphatic carboxylic acids is 1. The van der Waals surface area contributed by atoms with Crippen LogP contribution in [0, 0.1) is 0 Å². The summed E-state index contributed by atoms with van der Waals surface area (Å²) in [6, 6.07) is 0. The van der Waals surface area contributed by atoms with Crippen molar-refractivity contribution >= 4 is 23.9 Å². The van der Waals surface area contributed by atoms with Crippen molar-refractivity contribution < 1.29 is 58.2 Å². The van der Waals surface area contributed by atoms with Crippen molar-refractivity contribution in [2.75, 3.05) is 13.2 Å². The standard InChI is InChI=1S/C63H106O12/c1-4-7-10-13-16-19-22-25-28-31-34-37-40-43-46-49-55(64)71-52-54(73-56(65)50-47-44-41-38-35-32-29-26-23-20-17-14-11-8-5-2)53-72-63-61(59(68)58(67)60(75-63)62(69)70)74-57(66)51-48-45-42-39-36-33-30-27-24-21-18-15-12-9-6-3/h9,12,18,21,25,27-28,30,36,39,45,48,54,58-61,63,67-68H,4-8,10-11,13-17,19-20,22-24,26,29,31-35,37-38,40-44,46-47,49-53H2,1-3H3,(H,69,70)/b12-9-,21-18-,28-25-,30-27-,39-36-,48-45-. The number of unbranched alkanes of at least 4 members (excludes halogenated alkanes) is 25. The summed E-state index contributed by atoms with van der Waals surface area (Å²) in [7, 11) is 0. The maximum Gasteiger partial charge on any atom is 0.335 e. The second kappa shape index (κ2) is 50.9. The van der Waals surface area contributed by atoms with Gasteiger partial charge in [-0.15, -0.1) is 0 Å². The molecule has 6 unspecified atom stereocenters. The first-order valence-corrected chi connectivity index (χ1v) is 29.9. The van der Waals surface area contributed by atoms with E-state index < -0.39 is 67.3 Å². The fourth-order valence-corrected chi connectivity index (χ4v) is 8.73. The van der Waals surface area contributed by atoms with Gasteiger partial charge in [-0.2, -0.15) is 0 Å². The lowest BCUT2D eigenvalue weighted by atomic mass is 9.98. The van der Waals surface area contributed by atoms with Crippen molar-refractivity contribution in [3.63, 3.8) is 0 Å². The van der Waals surface area contributed by atoms with Gasteiger partial charge in [0.25, 0.3) is 0 Å². The van der Waals surface area contributed by atoms with Crippen LogP contribution in [0.2, 0.25) is 0 Å². The minimum absolute atomic E-state index is 0.152. The second-order valence-electron chi connectivity index (χ2n) is 20.3. The lowest BCUT2D eigenvalue weighted by molar-refractivity contribution is -0.301. The molecular weight excluding hydrogens is 949 g/mol. The van der Waals surface area contributed by atoms with Crippen LogP contribution in [0.25, 0.3) is 0 Å². The number of ether oxygens (including phenoxy) is 5. The summed E-state index contributed by atoms with van der Waals surface area (Å²) >= 11 is 0. The molecule has 1 heterocycles. The minimum atomic E-state index is -1.94. The summed E-state index contributed by atoms with van der Waals surface area (Å²) in [5.74, 6) is -3.28. The molecule has 1 aliphatic heterocycles. The fourth-order valence-electron chi connectivity index (χ4n) is 8.73. The van der Waals surface area contributed by atoms with Gasteiger partial charge in [0.1, 0.15) is 18.8 Å². The molecule has 12 nitrogen and oxygen atoms in total. The van der Waals surface area contributed by atoms with Gasteiger partial charge < -0.3 is 39.0 Å². The monoisotopic (exact) mass is 1050 g/mol. The van der Waals surface area contributed by atoms with E-state index in [1.165, 1.54) is 109 Å². The van der Waals surface area contributed by atoms with Crippen LogP contribution < -0.4 is 0 Å². The molecule has 1 saturated heterocycles. The average Bonchev–Trinajstić information content (AvgIpc) is 3.39. The normalized spacial score (nSPS) is 18.7. The Kier molecular flexibility index (Phi) is 47.0. The predicted octanol–water partition coefficient (Wildman–Crippen LogP) is 15.3. The van der Waals surface area contributed by atoms with Gasteiger partial charge >= 0.3 is 23.9 Å². The highest BCUT2D eigenvalue weighted by Gasteiger charge is 2.50. The number of hydrogen-bond acceptors (Lipinski definition) is 11. The third-order valence-corrected chi connectivity index (χ3v) is 13.3. The summed E-state index contributed by atoms with van der Waals surface area (Å²) in [4.78, 5) is 51.1. The number of aliphatic hydroxyl groups excluding tert-OH is 2. The third-order valence-electron chi connectivity index (χ3n) is 13.3. The Morgan fingerprint density at radius 1 is 0.467 bits per heavy atom. The van der Waals surface area contributed by atoms with Crippen LogP contribution in [0.5, 0.6) is 0 Å².